The molecule has 1 aliphatic rings. The third-order valence-corrected chi connectivity index (χ3v) is 3.73. The smallest absolute Gasteiger partial charge is 0.164 e. The molecule has 1 N–H and O–H groups in total. The van der Waals surface area contributed by atoms with E-state index in [0.717, 1.165) is 30.6 Å². The van der Waals surface area contributed by atoms with Crippen molar-refractivity contribution >= 4 is 11.6 Å². The number of aliphatic hydroxyl groups is 1. The van der Waals surface area contributed by atoms with Gasteiger partial charge in [0.1, 0.15) is 0 Å². The molecule has 0 unspecified atom stereocenters. The van der Waals surface area contributed by atoms with Crippen LogP contribution in [0.25, 0.3) is 0 Å². The van der Waals surface area contributed by atoms with Crippen molar-refractivity contribution in [1.29, 1.82) is 0 Å². The molecule has 0 aromatic heterocycles. The Morgan fingerprint density at radius 1 is 1.32 bits per heavy atom. The van der Waals surface area contributed by atoms with Crippen molar-refractivity contribution in [1.82, 2.24) is 0 Å². The lowest BCUT2D eigenvalue weighted by molar-refractivity contribution is 0.198. The molecule has 3 nitrogen and oxygen atoms in total. The van der Waals surface area contributed by atoms with E-state index in [4.69, 9.17) is 26.2 Å². The molecule has 0 bridgehead atoms. The van der Waals surface area contributed by atoms with Gasteiger partial charge in [0.15, 0.2) is 11.5 Å². The van der Waals surface area contributed by atoms with Crippen LogP contribution in [0.3, 0.4) is 0 Å². The van der Waals surface area contributed by atoms with Gasteiger partial charge in [0, 0.05) is 17.7 Å². The summed E-state index contributed by atoms with van der Waals surface area (Å²) in [5.41, 5.74) is 1.02. The number of benzene rings is 1. The number of aryl methyl sites for hydroxylation is 1. The average molecular weight is 285 g/mol. The highest BCUT2D eigenvalue weighted by Gasteiger charge is 2.21. The van der Waals surface area contributed by atoms with Gasteiger partial charge in [-0.1, -0.05) is 11.6 Å². The highest BCUT2D eigenvalue weighted by molar-refractivity contribution is 6.30. The molecule has 0 amide bonds. The lowest BCUT2D eigenvalue weighted by Gasteiger charge is -2.19. The molecule has 0 radical (unpaired) electrons. The first-order chi connectivity index (χ1) is 9.24. The van der Waals surface area contributed by atoms with Crippen molar-refractivity contribution in [3.63, 3.8) is 0 Å². The first-order valence-electron chi connectivity index (χ1n) is 6.88. The Bertz CT molecular complexity index is 414. The Labute approximate surface area is 119 Å². The molecule has 0 saturated heterocycles. The normalized spacial score (nSPS) is 15.7. The molecule has 1 aromatic carbocycles. The third kappa shape index (κ3) is 3.77. The molecule has 1 fully saturated rings. The Morgan fingerprint density at radius 3 is 2.68 bits per heavy atom. The minimum Gasteiger partial charge on any atom is -0.493 e. The van der Waals surface area contributed by atoms with Gasteiger partial charge in [-0.2, -0.15) is 0 Å². The van der Waals surface area contributed by atoms with E-state index in [1.54, 1.807) is 13.2 Å². The lowest BCUT2D eigenvalue weighted by atomic mass is 10.1. The van der Waals surface area contributed by atoms with E-state index in [-0.39, 0.29) is 12.7 Å². The maximum Gasteiger partial charge on any atom is 0.164 e. The summed E-state index contributed by atoms with van der Waals surface area (Å²) in [6.45, 7) is 0.164. The second kappa shape index (κ2) is 7.01. The van der Waals surface area contributed by atoms with Gasteiger partial charge < -0.3 is 14.6 Å². The summed E-state index contributed by atoms with van der Waals surface area (Å²) < 4.78 is 11.5. The molecule has 4 heteroatoms. The molecule has 106 valence electrons. The monoisotopic (exact) mass is 284 g/mol. The molecular weight excluding hydrogens is 264 g/mol. The summed E-state index contributed by atoms with van der Waals surface area (Å²) in [4.78, 5) is 0. The third-order valence-electron chi connectivity index (χ3n) is 3.51. The molecule has 0 aliphatic heterocycles. The predicted molar refractivity (Wildman–Crippen MR) is 76.3 cm³/mol. The SMILES string of the molecule is COc1cc(Cl)cc(CCCO)c1OC1CCCC1. The van der Waals surface area contributed by atoms with Gasteiger partial charge >= 0.3 is 0 Å². The first-order valence-corrected chi connectivity index (χ1v) is 7.26. The average Bonchev–Trinajstić information content (AvgIpc) is 2.91. The fraction of sp³-hybridized carbons (Fsp3) is 0.600. The van der Waals surface area contributed by atoms with Gasteiger partial charge in [-0.05, 0) is 50.2 Å². The largest absolute Gasteiger partial charge is 0.493 e. The zero-order chi connectivity index (χ0) is 13.7. The quantitative estimate of drug-likeness (QED) is 0.867. The lowest BCUT2D eigenvalue weighted by Crippen LogP contribution is -2.13. The molecule has 0 spiro atoms. The number of aliphatic hydroxyl groups excluding tert-OH is 1. The van der Waals surface area contributed by atoms with Crippen LogP contribution in [0.2, 0.25) is 5.02 Å². The van der Waals surface area contributed by atoms with Crippen LogP contribution < -0.4 is 9.47 Å². The van der Waals surface area contributed by atoms with Gasteiger partial charge in [-0.15, -0.1) is 0 Å². The summed E-state index contributed by atoms with van der Waals surface area (Å²) in [5.74, 6) is 1.49. The standard InChI is InChI=1S/C15H21ClO3/c1-18-14-10-12(16)9-11(5-4-8-17)15(14)19-13-6-2-3-7-13/h9-10,13,17H,2-8H2,1H3. The first kappa shape index (κ1) is 14.5. The minimum absolute atomic E-state index is 0.164. The van der Waals surface area contributed by atoms with E-state index in [9.17, 15) is 0 Å². The van der Waals surface area contributed by atoms with Crippen LogP contribution in [-0.4, -0.2) is 24.9 Å². The van der Waals surface area contributed by atoms with Gasteiger partial charge in [0.25, 0.3) is 0 Å². The van der Waals surface area contributed by atoms with Crippen molar-refractivity contribution in [2.45, 2.75) is 44.6 Å². The Kier molecular flexibility index (Phi) is 5.34. The van der Waals surface area contributed by atoms with Crippen molar-refractivity contribution in [2.24, 2.45) is 0 Å². The number of halogens is 1. The second-order valence-corrected chi connectivity index (χ2v) is 5.38. The van der Waals surface area contributed by atoms with E-state index in [1.807, 2.05) is 6.07 Å². The summed E-state index contributed by atoms with van der Waals surface area (Å²) >= 11 is 6.10. The van der Waals surface area contributed by atoms with Crippen LogP contribution in [0, 0.1) is 0 Å². The van der Waals surface area contributed by atoms with Gasteiger partial charge in [0.05, 0.1) is 13.2 Å². The second-order valence-electron chi connectivity index (χ2n) is 4.95. The molecule has 19 heavy (non-hydrogen) atoms. The molecule has 0 atom stereocenters. The number of methoxy groups -OCH3 is 1. The van der Waals surface area contributed by atoms with Crippen LogP contribution in [0.5, 0.6) is 11.5 Å². The minimum atomic E-state index is 0.164. The number of rotatable bonds is 6. The fourth-order valence-electron chi connectivity index (χ4n) is 2.54. The maximum absolute atomic E-state index is 8.99. The van der Waals surface area contributed by atoms with Crippen molar-refractivity contribution in [3.05, 3.63) is 22.7 Å². The number of hydrogen-bond donors (Lipinski definition) is 1. The van der Waals surface area contributed by atoms with Gasteiger partial charge in [0.2, 0.25) is 0 Å². The summed E-state index contributed by atoms with van der Waals surface area (Å²) in [7, 11) is 1.63. The fourth-order valence-corrected chi connectivity index (χ4v) is 2.77. The van der Waals surface area contributed by atoms with E-state index in [1.165, 1.54) is 12.8 Å². The zero-order valence-electron chi connectivity index (χ0n) is 11.3. The molecule has 2 rings (SSSR count). The zero-order valence-corrected chi connectivity index (χ0v) is 12.1. The molecule has 1 saturated carbocycles. The Hall–Kier alpha value is -0.930. The van der Waals surface area contributed by atoms with Crippen LogP contribution in [0.4, 0.5) is 0 Å². The van der Waals surface area contributed by atoms with Crippen molar-refractivity contribution < 1.29 is 14.6 Å². The Balaban J connectivity index is 2.24. The molecule has 0 heterocycles. The van der Waals surface area contributed by atoms with Gasteiger partial charge in [-0.3, -0.25) is 0 Å². The molecular formula is C15H21ClO3. The summed E-state index contributed by atoms with van der Waals surface area (Å²) in [6, 6.07) is 3.69. The van der Waals surface area contributed by atoms with E-state index < -0.39 is 0 Å². The molecule has 1 aliphatic carbocycles. The van der Waals surface area contributed by atoms with E-state index >= 15 is 0 Å². The van der Waals surface area contributed by atoms with Crippen LogP contribution >= 0.6 is 11.6 Å². The van der Waals surface area contributed by atoms with Crippen LogP contribution in [0.1, 0.15) is 37.7 Å². The number of ether oxygens (including phenoxy) is 2. The van der Waals surface area contributed by atoms with Gasteiger partial charge in [-0.25, -0.2) is 0 Å². The molecule has 1 aromatic rings. The van der Waals surface area contributed by atoms with Crippen LogP contribution in [-0.2, 0) is 6.42 Å². The highest BCUT2D eigenvalue weighted by atomic mass is 35.5. The Morgan fingerprint density at radius 2 is 2.05 bits per heavy atom. The van der Waals surface area contributed by atoms with E-state index in [0.29, 0.717) is 17.2 Å². The maximum atomic E-state index is 8.99. The highest BCUT2D eigenvalue weighted by Crippen LogP contribution is 2.38. The summed E-state index contributed by atoms with van der Waals surface area (Å²) in [5, 5.41) is 9.64. The number of hydrogen-bond acceptors (Lipinski definition) is 3. The topological polar surface area (TPSA) is 38.7 Å². The van der Waals surface area contributed by atoms with Crippen LogP contribution in [0.15, 0.2) is 12.1 Å². The summed E-state index contributed by atoms with van der Waals surface area (Å²) in [6.07, 6.45) is 6.39. The van der Waals surface area contributed by atoms with Crippen molar-refractivity contribution in [3.8, 4) is 11.5 Å². The predicted octanol–water partition coefficient (Wildman–Crippen LogP) is 3.59. The van der Waals surface area contributed by atoms with E-state index in [2.05, 4.69) is 0 Å². The van der Waals surface area contributed by atoms with Crippen molar-refractivity contribution in [2.75, 3.05) is 13.7 Å².